The fourth-order valence-electron chi connectivity index (χ4n) is 1.81. The van der Waals surface area contributed by atoms with Crippen LogP contribution in [0, 0.1) is 0 Å². The molecule has 5 nitrogen and oxygen atoms in total. The monoisotopic (exact) mass is 283 g/mol. The highest BCUT2D eigenvalue weighted by atomic mass is 32.2. The molecule has 6 heteroatoms. The predicted molar refractivity (Wildman–Crippen MR) is 71.8 cm³/mol. The van der Waals surface area contributed by atoms with Gasteiger partial charge in [0.05, 0.1) is 23.4 Å². The van der Waals surface area contributed by atoms with E-state index in [1.807, 2.05) is 19.1 Å². The zero-order valence-electron chi connectivity index (χ0n) is 10.9. The Bertz CT molecular complexity index is 446. The lowest BCUT2D eigenvalue weighted by Gasteiger charge is -2.17. The number of hydrogen-bond acceptors (Lipinski definition) is 5. The Morgan fingerprint density at radius 1 is 1.63 bits per heavy atom. The third kappa shape index (κ3) is 3.61. The number of carbonyl (C=O) groups excluding carboxylic acids is 2. The molecule has 1 saturated heterocycles. The molecule has 1 aliphatic heterocycles. The minimum atomic E-state index is -0.515. The summed E-state index contributed by atoms with van der Waals surface area (Å²) in [5, 5.41) is 2.50. The molecule has 1 N–H and O–H groups in total. The van der Waals surface area contributed by atoms with Gasteiger partial charge >= 0.3 is 0 Å². The van der Waals surface area contributed by atoms with Crippen LogP contribution in [0.3, 0.4) is 0 Å². The molecule has 1 aromatic rings. The Labute approximate surface area is 116 Å². The summed E-state index contributed by atoms with van der Waals surface area (Å²) in [4.78, 5) is 23.5. The number of ether oxygens (including phenoxy) is 1. The normalized spacial score (nSPS) is 24.4. The zero-order chi connectivity index (χ0) is 13.8. The van der Waals surface area contributed by atoms with Crippen LogP contribution in [0.1, 0.15) is 19.6 Å². The number of furan rings is 1. The van der Waals surface area contributed by atoms with E-state index in [1.54, 1.807) is 13.2 Å². The third-order valence-electron chi connectivity index (χ3n) is 3.03. The van der Waals surface area contributed by atoms with Gasteiger partial charge in [0.1, 0.15) is 18.4 Å². The van der Waals surface area contributed by atoms with Crippen LogP contribution in [0.25, 0.3) is 0 Å². The first-order valence-corrected chi connectivity index (χ1v) is 7.21. The van der Waals surface area contributed by atoms with Gasteiger partial charge in [-0.25, -0.2) is 0 Å². The summed E-state index contributed by atoms with van der Waals surface area (Å²) in [6.07, 6.45) is 1.36. The highest BCUT2D eigenvalue weighted by Gasteiger charge is 2.34. The molecule has 0 aromatic carbocycles. The molecule has 0 aliphatic carbocycles. The molecule has 2 heterocycles. The molecular weight excluding hydrogens is 266 g/mol. The molecule has 19 heavy (non-hydrogen) atoms. The van der Waals surface area contributed by atoms with Crippen molar-refractivity contribution >= 4 is 23.5 Å². The quantitative estimate of drug-likeness (QED) is 0.884. The molecule has 1 fully saturated rings. The standard InChI is InChI=1S/C13H17NO4S/c1-8-12(11(15)6-18-8)14-13(16)9(2)19-7-10-4-3-5-17-10/h3-5,8-9,12H,6-7H2,1-2H3,(H,14,16)/t8-,9+,12+/m0/s1. The van der Waals surface area contributed by atoms with Crippen LogP contribution in [0.5, 0.6) is 0 Å². The number of carbonyl (C=O) groups is 2. The molecule has 0 radical (unpaired) electrons. The fraction of sp³-hybridized carbons (Fsp3) is 0.538. The van der Waals surface area contributed by atoms with Crippen molar-refractivity contribution in [2.24, 2.45) is 0 Å². The van der Waals surface area contributed by atoms with E-state index in [-0.39, 0.29) is 29.7 Å². The molecule has 0 unspecified atom stereocenters. The first-order valence-electron chi connectivity index (χ1n) is 6.16. The van der Waals surface area contributed by atoms with Crippen LogP contribution >= 0.6 is 11.8 Å². The second-order valence-corrected chi connectivity index (χ2v) is 5.83. The van der Waals surface area contributed by atoms with Gasteiger partial charge < -0.3 is 14.5 Å². The molecule has 1 amide bonds. The van der Waals surface area contributed by atoms with Gasteiger partial charge in [0.2, 0.25) is 5.91 Å². The topological polar surface area (TPSA) is 68.5 Å². The van der Waals surface area contributed by atoms with Crippen LogP contribution in [0.2, 0.25) is 0 Å². The number of amides is 1. The summed E-state index contributed by atoms with van der Waals surface area (Å²) in [6, 6.07) is 3.17. The summed E-state index contributed by atoms with van der Waals surface area (Å²) >= 11 is 1.47. The van der Waals surface area contributed by atoms with Crippen LogP contribution in [-0.2, 0) is 20.1 Å². The maximum absolute atomic E-state index is 12.0. The van der Waals surface area contributed by atoms with Crippen LogP contribution in [-0.4, -0.2) is 35.7 Å². The number of rotatable bonds is 5. The molecule has 0 bridgehead atoms. The van der Waals surface area contributed by atoms with E-state index in [9.17, 15) is 9.59 Å². The molecule has 0 spiro atoms. The van der Waals surface area contributed by atoms with E-state index >= 15 is 0 Å². The average Bonchev–Trinajstić information content (AvgIpc) is 3.00. The van der Waals surface area contributed by atoms with Crippen LogP contribution in [0.4, 0.5) is 0 Å². The average molecular weight is 283 g/mol. The number of hydrogen-bond donors (Lipinski definition) is 1. The van der Waals surface area contributed by atoms with E-state index in [0.717, 1.165) is 5.76 Å². The summed E-state index contributed by atoms with van der Waals surface area (Å²) in [5.41, 5.74) is 0. The maximum atomic E-state index is 12.0. The van der Waals surface area contributed by atoms with Gasteiger partial charge in [0, 0.05) is 0 Å². The van der Waals surface area contributed by atoms with E-state index in [1.165, 1.54) is 11.8 Å². The molecule has 1 aliphatic rings. The van der Waals surface area contributed by atoms with E-state index in [0.29, 0.717) is 5.75 Å². The molecule has 3 atom stereocenters. The lowest BCUT2D eigenvalue weighted by molar-refractivity contribution is -0.125. The van der Waals surface area contributed by atoms with Gasteiger partial charge in [-0.15, -0.1) is 11.8 Å². The number of Topliss-reactive ketones (excluding diaryl/α,β-unsaturated/α-hetero) is 1. The van der Waals surface area contributed by atoms with Gasteiger partial charge in [-0.05, 0) is 26.0 Å². The maximum Gasteiger partial charge on any atom is 0.233 e. The second-order valence-electron chi connectivity index (χ2n) is 4.50. The van der Waals surface area contributed by atoms with Crippen molar-refractivity contribution in [3.8, 4) is 0 Å². The molecular formula is C13H17NO4S. The second kappa shape index (κ2) is 6.25. The highest BCUT2D eigenvalue weighted by molar-refractivity contribution is 7.99. The van der Waals surface area contributed by atoms with Crippen LogP contribution in [0.15, 0.2) is 22.8 Å². The fourth-order valence-corrected chi connectivity index (χ4v) is 2.61. The molecule has 104 valence electrons. The third-order valence-corrected chi connectivity index (χ3v) is 4.19. The summed E-state index contributed by atoms with van der Waals surface area (Å²) in [6.45, 7) is 3.68. The van der Waals surface area contributed by atoms with Crippen molar-refractivity contribution in [2.45, 2.75) is 37.0 Å². The minimum absolute atomic E-state index is 0.0657. The minimum Gasteiger partial charge on any atom is -0.468 e. The van der Waals surface area contributed by atoms with Crippen molar-refractivity contribution in [1.82, 2.24) is 5.32 Å². The van der Waals surface area contributed by atoms with Gasteiger partial charge in [-0.3, -0.25) is 9.59 Å². The van der Waals surface area contributed by atoms with Crippen molar-refractivity contribution in [1.29, 1.82) is 0 Å². The number of thioether (sulfide) groups is 1. The Morgan fingerprint density at radius 2 is 2.42 bits per heavy atom. The Hall–Kier alpha value is -1.27. The number of nitrogens with one attached hydrogen (secondary N) is 1. The van der Waals surface area contributed by atoms with Crippen molar-refractivity contribution in [2.75, 3.05) is 6.61 Å². The zero-order valence-corrected chi connectivity index (χ0v) is 11.7. The van der Waals surface area contributed by atoms with Crippen molar-refractivity contribution in [3.05, 3.63) is 24.2 Å². The first-order chi connectivity index (χ1) is 9.08. The molecule has 0 saturated carbocycles. The van der Waals surface area contributed by atoms with Crippen LogP contribution < -0.4 is 5.32 Å². The lowest BCUT2D eigenvalue weighted by atomic mass is 10.1. The van der Waals surface area contributed by atoms with Gasteiger partial charge in [0.15, 0.2) is 5.78 Å². The highest BCUT2D eigenvalue weighted by Crippen LogP contribution is 2.19. The lowest BCUT2D eigenvalue weighted by Crippen LogP contribution is -2.46. The Kier molecular flexibility index (Phi) is 4.66. The first kappa shape index (κ1) is 14.1. The van der Waals surface area contributed by atoms with Crippen molar-refractivity contribution in [3.63, 3.8) is 0 Å². The van der Waals surface area contributed by atoms with Gasteiger partial charge in [-0.1, -0.05) is 0 Å². The largest absolute Gasteiger partial charge is 0.468 e. The smallest absolute Gasteiger partial charge is 0.233 e. The van der Waals surface area contributed by atoms with Gasteiger partial charge in [0.25, 0.3) is 0 Å². The summed E-state index contributed by atoms with van der Waals surface area (Å²) < 4.78 is 10.4. The number of ketones is 1. The SMILES string of the molecule is C[C@@H]1OCC(=O)[C@@H]1NC(=O)[C@@H](C)SCc1ccco1. The summed E-state index contributed by atoms with van der Waals surface area (Å²) in [7, 11) is 0. The van der Waals surface area contributed by atoms with E-state index in [4.69, 9.17) is 9.15 Å². The Balaban J connectivity index is 1.80. The van der Waals surface area contributed by atoms with E-state index in [2.05, 4.69) is 5.32 Å². The van der Waals surface area contributed by atoms with Gasteiger partial charge in [-0.2, -0.15) is 0 Å². The van der Waals surface area contributed by atoms with Crippen molar-refractivity contribution < 1.29 is 18.7 Å². The summed E-state index contributed by atoms with van der Waals surface area (Å²) in [5.74, 6) is 1.25. The predicted octanol–water partition coefficient (Wildman–Crippen LogP) is 1.37. The molecule has 2 rings (SSSR count). The Morgan fingerprint density at radius 3 is 3.00 bits per heavy atom. The molecule has 1 aromatic heterocycles. The van der Waals surface area contributed by atoms with E-state index < -0.39 is 6.04 Å².